The minimum atomic E-state index is -0.554. The zero-order valence-corrected chi connectivity index (χ0v) is 15.3. The molecule has 26 heavy (non-hydrogen) atoms. The first kappa shape index (κ1) is 19.8. The van der Waals surface area contributed by atoms with Crippen molar-refractivity contribution in [3.63, 3.8) is 0 Å². The third-order valence-electron chi connectivity index (χ3n) is 4.44. The van der Waals surface area contributed by atoms with Gasteiger partial charge in [-0.2, -0.15) is 0 Å². The molecular weight excluding hydrogens is 332 g/mol. The van der Waals surface area contributed by atoms with Crippen LogP contribution in [0.4, 0.5) is 0 Å². The molecule has 0 spiro atoms. The lowest BCUT2D eigenvalue weighted by Crippen LogP contribution is -2.34. The van der Waals surface area contributed by atoms with Gasteiger partial charge in [-0.25, -0.2) is 0 Å². The Morgan fingerprint density at radius 1 is 1.15 bits per heavy atom. The second-order valence-electron chi connectivity index (χ2n) is 6.55. The van der Waals surface area contributed by atoms with Gasteiger partial charge in [-0.05, 0) is 36.6 Å². The molecule has 0 bridgehead atoms. The lowest BCUT2D eigenvalue weighted by Gasteiger charge is -2.20. The first-order chi connectivity index (χ1) is 12.6. The van der Waals surface area contributed by atoms with Crippen molar-refractivity contribution in [3.8, 4) is 11.5 Å². The number of hydrogen-bond acceptors (Lipinski definition) is 4. The topological polar surface area (TPSA) is 90.7 Å². The van der Waals surface area contributed by atoms with E-state index in [4.69, 9.17) is 15.2 Å². The van der Waals surface area contributed by atoms with Gasteiger partial charge in [-0.1, -0.05) is 38.2 Å². The molecule has 6 nitrogen and oxygen atoms in total. The number of rotatable bonds is 7. The van der Waals surface area contributed by atoms with Gasteiger partial charge in [-0.15, -0.1) is 0 Å². The first-order valence-corrected chi connectivity index (χ1v) is 9.16. The number of carbonyl (C=O) groups is 2. The van der Waals surface area contributed by atoms with Gasteiger partial charge >= 0.3 is 0 Å². The van der Waals surface area contributed by atoms with Crippen molar-refractivity contribution < 1.29 is 19.1 Å². The molecule has 1 aromatic rings. The highest BCUT2D eigenvalue weighted by Crippen LogP contribution is 2.28. The molecular formula is C20H28N2O4. The predicted molar refractivity (Wildman–Crippen MR) is 101 cm³/mol. The summed E-state index contributed by atoms with van der Waals surface area (Å²) >= 11 is 0. The standard InChI is InChI=1S/C20H28N2O4/c1-25-18-13-15(9-11-17(18)26-14-19(21)23)10-12-20(24)22-16-7-5-3-2-4-6-8-16/h9-13,16H,2-8,14H2,1H3,(H2,21,23)(H,22,24)/b12-10+. The molecule has 2 rings (SSSR count). The van der Waals surface area contributed by atoms with E-state index in [-0.39, 0.29) is 18.6 Å². The summed E-state index contributed by atoms with van der Waals surface area (Å²) in [6.45, 7) is -0.213. The molecule has 0 atom stereocenters. The molecule has 6 heteroatoms. The molecule has 0 aliphatic heterocycles. The Bertz CT molecular complexity index is 635. The van der Waals surface area contributed by atoms with Crippen molar-refractivity contribution in [1.82, 2.24) is 5.32 Å². The van der Waals surface area contributed by atoms with E-state index >= 15 is 0 Å². The number of primary amides is 1. The van der Waals surface area contributed by atoms with Gasteiger partial charge in [0.1, 0.15) is 0 Å². The fourth-order valence-electron chi connectivity index (χ4n) is 3.08. The van der Waals surface area contributed by atoms with E-state index in [1.165, 1.54) is 45.3 Å². The molecule has 1 aliphatic carbocycles. The molecule has 1 saturated carbocycles. The van der Waals surface area contributed by atoms with E-state index < -0.39 is 5.91 Å². The Morgan fingerprint density at radius 3 is 2.50 bits per heavy atom. The monoisotopic (exact) mass is 360 g/mol. The molecule has 1 aliphatic rings. The van der Waals surface area contributed by atoms with E-state index in [0.717, 1.165) is 18.4 Å². The van der Waals surface area contributed by atoms with E-state index in [1.807, 2.05) is 0 Å². The second-order valence-corrected chi connectivity index (χ2v) is 6.55. The van der Waals surface area contributed by atoms with Crippen molar-refractivity contribution >= 4 is 17.9 Å². The minimum Gasteiger partial charge on any atom is -0.493 e. The van der Waals surface area contributed by atoms with E-state index in [0.29, 0.717) is 11.5 Å². The molecule has 142 valence electrons. The summed E-state index contributed by atoms with van der Waals surface area (Å²) in [5.41, 5.74) is 5.88. The number of benzene rings is 1. The molecule has 1 aromatic carbocycles. The van der Waals surface area contributed by atoms with Gasteiger partial charge < -0.3 is 20.5 Å². The number of methoxy groups -OCH3 is 1. The molecule has 1 fully saturated rings. The normalized spacial score (nSPS) is 15.9. The summed E-state index contributed by atoms with van der Waals surface area (Å²) < 4.78 is 10.6. The molecule has 0 aromatic heterocycles. The van der Waals surface area contributed by atoms with E-state index in [2.05, 4.69) is 5.32 Å². The summed E-state index contributed by atoms with van der Waals surface area (Å²) in [5, 5.41) is 3.10. The maximum Gasteiger partial charge on any atom is 0.255 e. The quantitative estimate of drug-likeness (QED) is 0.732. The summed E-state index contributed by atoms with van der Waals surface area (Å²) in [4.78, 5) is 23.0. The van der Waals surface area contributed by atoms with Crippen LogP contribution in [-0.2, 0) is 9.59 Å². The number of amides is 2. The molecule has 3 N–H and O–H groups in total. The number of carbonyl (C=O) groups excluding carboxylic acids is 2. The van der Waals surface area contributed by atoms with Gasteiger partial charge in [0.15, 0.2) is 18.1 Å². The SMILES string of the molecule is COc1cc(/C=C/C(=O)NC2CCCCCCC2)ccc1OCC(N)=O. The lowest BCUT2D eigenvalue weighted by molar-refractivity contribution is -0.120. The van der Waals surface area contributed by atoms with Crippen molar-refractivity contribution in [2.45, 2.75) is 51.0 Å². The lowest BCUT2D eigenvalue weighted by atomic mass is 9.97. The summed E-state index contributed by atoms with van der Waals surface area (Å²) in [6.07, 6.45) is 11.6. The highest BCUT2D eigenvalue weighted by Gasteiger charge is 2.12. The summed E-state index contributed by atoms with van der Waals surface area (Å²) in [5.74, 6) is 0.279. The van der Waals surface area contributed by atoms with Gasteiger partial charge in [-0.3, -0.25) is 9.59 Å². The van der Waals surface area contributed by atoms with Crippen molar-refractivity contribution in [1.29, 1.82) is 0 Å². The first-order valence-electron chi connectivity index (χ1n) is 9.16. The third kappa shape index (κ3) is 6.78. The Morgan fingerprint density at radius 2 is 1.85 bits per heavy atom. The predicted octanol–water partition coefficient (Wildman–Crippen LogP) is 2.80. The van der Waals surface area contributed by atoms with Crippen LogP contribution >= 0.6 is 0 Å². The Labute approximate surface area is 154 Å². The number of ether oxygens (including phenoxy) is 2. The van der Waals surface area contributed by atoms with Crippen LogP contribution in [0.15, 0.2) is 24.3 Å². The van der Waals surface area contributed by atoms with Crippen LogP contribution in [0.1, 0.15) is 50.5 Å². The van der Waals surface area contributed by atoms with Gasteiger partial charge in [0, 0.05) is 12.1 Å². The Kier molecular flexibility index (Phi) is 7.99. The van der Waals surface area contributed by atoms with E-state index in [1.54, 1.807) is 24.3 Å². The maximum absolute atomic E-state index is 12.2. The summed E-state index contributed by atoms with van der Waals surface area (Å²) in [6, 6.07) is 5.49. The van der Waals surface area contributed by atoms with Crippen LogP contribution in [0.5, 0.6) is 11.5 Å². The van der Waals surface area contributed by atoms with Gasteiger partial charge in [0.05, 0.1) is 7.11 Å². The molecule has 0 heterocycles. The maximum atomic E-state index is 12.2. The number of nitrogens with one attached hydrogen (secondary N) is 1. The third-order valence-corrected chi connectivity index (χ3v) is 4.44. The van der Waals surface area contributed by atoms with Gasteiger partial charge in [0.25, 0.3) is 5.91 Å². The van der Waals surface area contributed by atoms with Crippen LogP contribution in [-0.4, -0.2) is 31.6 Å². The number of nitrogens with two attached hydrogens (primary N) is 1. The zero-order valence-electron chi connectivity index (χ0n) is 15.3. The van der Waals surface area contributed by atoms with Crippen molar-refractivity contribution in [2.75, 3.05) is 13.7 Å². The zero-order chi connectivity index (χ0) is 18.8. The highest BCUT2D eigenvalue weighted by molar-refractivity contribution is 5.92. The largest absolute Gasteiger partial charge is 0.493 e. The molecule has 0 radical (unpaired) electrons. The van der Waals surface area contributed by atoms with Crippen molar-refractivity contribution in [2.24, 2.45) is 5.73 Å². The molecule has 0 saturated heterocycles. The van der Waals surface area contributed by atoms with Crippen molar-refractivity contribution in [3.05, 3.63) is 29.8 Å². The van der Waals surface area contributed by atoms with Crippen LogP contribution in [0.2, 0.25) is 0 Å². The number of hydrogen-bond donors (Lipinski definition) is 2. The average Bonchev–Trinajstić information content (AvgIpc) is 2.60. The smallest absolute Gasteiger partial charge is 0.255 e. The molecule has 2 amide bonds. The van der Waals surface area contributed by atoms with Crippen LogP contribution in [0.25, 0.3) is 6.08 Å². The van der Waals surface area contributed by atoms with E-state index in [9.17, 15) is 9.59 Å². The Hall–Kier alpha value is -2.50. The average molecular weight is 360 g/mol. The summed E-state index contributed by atoms with van der Waals surface area (Å²) in [7, 11) is 1.52. The van der Waals surface area contributed by atoms with Gasteiger partial charge in [0.2, 0.25) is 5.91 Å². The second kappa shape index (κ2) is 10.5. The van der Waals surface area contributed by atoms with Crippen LogP contribution in [0, 0.1) is 0 Å². The Balaban J connectivity index is 1.93. The van der Waals surface area contributed by atoms with Crippen LogP contribution in [0.3, 0.4) is 0 Å². The fourth-order valence-corrected chi connectivity index (χ4v) is 3.08. The molecule has 0 unspecified atom stereocenters. The highest BCUT2D eigenvalue weighted by atomic mass is 16.5. The van der Waals surface area contributed by atoms with Crippen LogP contribution < -0.4 is 20.5 Å². The minimum absolute atomic E-state index is 0.0800. The fraction of sp³-hybridized carbons (Fsp3) is 0.500.